The van der Waals surface area contributed by atoms with Gasteiger partial charge >= 0.3 is 6.01 Å². The zero-order valence-corrected chi connectivity index (χ0v) is 18.2. The van der Waals surface area contributed by atoms with Crippen LogP contribution in [-0.4, -0.2) is 28.3 Å². The van der Waals surface area contributed by atoms with Crippen LogP contribution in [0.2, 0.25) is 0 Å². The van der Waals surface area contributed by atoms with Crippen LogP contribution in [0.25, 0.3) is 0 Å². The lowest BCUT2D eigenvalue weighted by Gasteiger charge is -2.23. The van der Waals surface area contributed by atoms with Crippen molar-refractivity contribution in [3.05, 3.63) is 72.6 Å². The summed E-state index contributed by atoms with van der Waals surface area (Å²) in [6.07, 6.45) is 4.39. The van der Waals surface area contributed by atoms with Crippen molar-refractivity contribution in [3.8, 4) is 11.8 Å². The Labute approximate surface area is 187 Å². The number of amides is 2. The Morgan fingerprint density at radius 2 is 1.84 bits per heavy atom. The fraction of sp³-hybridized carbons (Fsp3) is 0.280. The summed E-state index contributed by atoms with van der Waals surface area (Å²) >= 11 is 0. The van der Waals surface area contributed by atoms with E-state index >= 15 is 0 Å². The molecule has 0 bridgehead atoms. The van der Waals surface area contributed by atoms with E-state index in [4.69, 9.17) is 4.74 Å². The average molecular weight is 431 g/mol. The summed E-state index contributed by atoms with van der Waals surface area (Å²) in [6.45, 7) is 4.66. The second-order valence-electron chi connectivity index (χ2n) is 7.92. The van der Waals surface area contributed by atoms with Crippen LogP contribution in [0, 0.1) is 5.92 Å². The summed E-state index contributed by atoms with van der Waals surface area (Å²) in [4.78, 5) is 35.4. The minimum absolute atomic E-state index is 0.0208. The number of nitrogens with zero attached hydrogens (tertiary/aromatic N) is 3. The van der Waals surface area contributed by atoms with Gasteiger partial charge in [-0.2, -0.15) is 0 Å². The standard InChI is InChI=1S/C25H26N4O3/c1-3-17(2)21-7-4-5-8-22(21)29-16-18(15-23(29)30)24(31)28-19-9-11-20(12-10-19)32-25-26-13-6-14-27-25/h4-14,17-18H,3,15-16H2,1-2H3,(H,28,31). The number of carbonyl (C=O) groups excluding carboxylic acids is 2. The Kier molecular flexibility index (Phi) is 6.44. The number of rotatable bonds is 7. The van der Waals surface area contributed by atoms with Crippen LogP contribution in [0.1, 0.15) is 38.2 Å². The van der Waals surface area contributed by atoms with E-state index in [9.17, 15) is 9.59 Å². The molecule has 1 aliphatic heterocycles. The van der Waals surface area contributed by atoms with Crippen LogP contribution in [0.5, 0.6) is 11.8 Å². The van der Waals surface area contributed by atoms with E-state index < -0.39 is 5.92 Å². The first-order chi connectivity index (χ1) is 15.5. The number of carbonyl (C=O) groups is 2. The Hall–Kier alpha value is -3.74. The lowest BCUT2D eigenvalue weighted by Crippen LogP contribution is -2.29. The fourth-order valence-electron chi connectivity index (χ4n) is 3.78. The molecule has 0 aliphatic carbocycles. The molecule has 2 heterocycles. The summed E-state index contributed by atoms with van der Waals surface area (Å²) in [7, 11) is 0. The molecule has 0 spiro atoms. The molecule has 0 saturated carbocycles. The monoisotopic (exact) mass is 430 g/mol. The van der Waals surface area contributed by atoms with Crippen molar-refractivity contribution >= 4 is 23.2 Å². The molecule has 1 saturated heterocycles. The highest BCUT2D eigenvalue weighted by Crippen LogP contribution is 2.33. The molecule has 3 aromatic rings. The van der Waals surface area contributed by atoms with Gasteiger partial charge in [0.15, 0.2) is 0 Å². The number of benzene rings is 2. The van der Waals surface area contributed by atoms with Gasteiger partial charge in [0, 0.05) is 36.7 Å². The second-order valence-corrected chi connectivity index (χ2v) is 7.92. The summed E-state index contributed by atoms with van der Waals surface area (Å²) in [5.74, 6) is 0.322. The molecule has 1 N–H and O–H groups in total. The molecular weight excluding hydrogens is 404 g/mol. The predicted molar refractivity (Wildman–Crippen MR) is 123 cm³/mol. The molecule has 1 aliphatic rings. The Morgan fingerprint density at radius 1 is 1.12 bits per heavy atom. The van der Waals surface area contributed by atoms with Gasteiger partial charge in [-0.15, -0.1) is 0 Å². The largest absolute Gasteiger partial charge is 0.424 e. The molecule has 4 rings (SSSR count). The number of hydrogen-bond donors (Lipinski definition) is 1. The predicted octanol–water partition coefficient (Wildman–Crippen LogP) is 4.77. The number of anilines is 2. The van der Waals surface area contributed by atoms with Crippen LogP contribution in [0.15, 0.2) is 67.0 Å². The first-order valence-corrected chi connectivity index (χ1v) is 10.8. The van der Waals surface area contributed by atoms with E-state index in [1.807, 2.05) is 18.2 Å². The summed E-state index contributed by atoms with van der Waals surface area (Å²) in [5, 5.41) is 2.91. The molecule has 2 atom stereocenters. The van der Waals surface area contributed by atoms with Gasteiger partial charge < -0.3 is 15.0 Å². The van der Waals surface area contributed by atoms with E-state index in [0.717, 1.165) is 17.7 Å². The average Bonchev–Trinajstić information content (AvgIpc) is 3.22. The Bertz CT molecular complexity index is 1090. The van der Waals surface area contributed by atoms with E-state index in [1.54, 1.807) is 47.6 Å². The molecule has 0 radical (unpaired) electrons. The summed E-state index contributed by atoms with van der Waals surface area (Å²) in [5.41, 5.74) is 2.69. The molecule has 2 aromatic carbocycles. The van der Waals surface area contributed by atoms with Crippen LogP contribution >= 0.6 is 0 Å². The highest BCUT2D eigenvalue weighted by molar-refractivity contribution is 6.03. The van der Waals surface area contributed by atoms with Crippen LogP contribution in [0.3, 0.4) is 0 Å². The van der Waals surface area contributed by atoms with E-state index in [-0.39, 0.29) is 24.2 Å². The normalized spacial score (nSPS) is 16.6. The number of hydrogen-bond acceptors (Lipinski definition) is 5. The third kappa shape index (κ3) is 4.77. The van der Waals surface area contributed by atoms with Crippen molar-refractivity contribution in [2.75, 3.05) is 16.8 Å². The van der Waals surface area contributed by atoms with E-state index in [1.165, 1.54) is 0 Å². The van der Waals surface area contributed by atoms with Gasteiger partial charge in [0.2, 0.25) is 11.8 Å². The highest BCUT2D eigenvalue weighted by atomic mass is 16.5. The van der Waals surface area contributed by atoms with E-state index in [2.05, 4.69) is 35.2 Å². The minimum Gasteiger partial charge on any atom is -0.424 e. The lowest BCUT2D eigenvalue weighted by molar-refractivity contribution is -0.122. The zero-order valence-electron chi connectivity index (χ0n) is 18.2. The molecule has 7 heteroatoms. The Balaban J connectivity index is 1.40. The molecule has 7 nitrogen and oxygen atoms in total. The smallest absolute Gasteiger partial charge is 0.321 e. The van der Waals surface area contributed by atoms with Gasteiger partial charge in [-0.25, -0.2) is 9.97 Å². The van der Waals surface area contributed by atoms with Crippen molar-refractivity contribution in [2.45, 2.75) is 32.6 Å². The first-order valence-electron chi connectivity index (χ1n) is 10.8. The molecule has 1 fully saturated rings. The van der Waals surface area contributed by atoms with Gasteiger partial charge in [-0.1, -0.05) is 32.0 Å². The molecule has 164 valence electrons. The van der Waals surface area contributed by atoms with Crippen molar-refractivity contribution in [2.24, 2.45) is 5.92 Å². The molecule has 2 amide bonds. The van der Waals surface area contributed by atoms with Crippen LogP contribution < -0.4 is 15.0 Å². The number of ether oxygens (including phenoxy) is 1. The van der Waals surface area contributed by atoms with Gasteiger partial charge in [0.05, 0.1) is 5.92 Å². The SMILES string of the molecule is CCC(C)c1ccccc1N1CC(C(=O)Nc2ccc(Oc3ncccn3)cc2)CC1=O. The third-order valence-corrected chi connectivity index (χ3v) is 5.74. The van der Waals surface area contributed by atoms with Gasteiger partial charge in [0.25, 0.3) is 0 Å². The van der Waals surface area contributed by atoms with Crippen molar-refractivity contribution in [1.29, 1.82) is 0 Å². The Morgan fingerprint density at radius 3 is 2.56 bits per heavy atom. The van der Waals surface area contributed by atoms with Gasteiger partial charge in [0.1, 0.15) is 5.75 Å². The zero-order chi connectivity index (χ0) is 22.5. The minimum atomic E-state index is -0.402. The quantitative estimate of drug-likeness (QED) is 0.583. The second kappa shape index (κ2) is 9.60. The molecular formula is C25H26N4O3. The number of aromatic nitrogens is 2. The maximum Gasteiger partial charge on any atom is 0.321 e. The van der Waals surface area contributed by atoms with Crippen LogP contribution in [0.4, 0.5) is 11.4 Å². The molecule has 1 aromatic heterocycles. The number of nitrogens with one attached hydrogen (secondary N) is 1. The first kappa shape index (κ1) is 21.5. The summed E-state index contributed by atoms with van der Waals surface area (Å²) in [6, 6.07) is 16.9. The molecule has 32 heavy (non-hydrogen) atoms. The maximum absolute atomic E-state index is 12.8. The topological polar surface area (TPSA) is 84.4 Å². The van der Waals surface area contributed by atoms with Gasteiger partial charge in [-0.3, -0.25) is 9.59 Å². The van der Waals surface area contributed by atoms with Crippen molar-refractivity contribution in [3.63, 3.8) is 0 Å². The van der Waals surface area contributed by atoms with Crippen molar-refractivity contribution in [1.82, 2.24) is 9.97 Å². The van der Waals surface area contributed by atoms with Crippen molar-refractivity contribution < 1.29 is 14.3 Å². The van der Waals surface area contributed by atoms with E-state index in [0.29, 0.717) is 23.9 Å². The fourth-order valence-corrected chi connectivity index (χ4v) is 3.78. The number of para-hydroxylation sites is 1. The third-order valence-electron chi connectivity index (χ3n) is 5.74. The van der Waals surface area contributed by atoms with Gasteiger partial charge in [-0.05, 0) is 54.3 Å². The lowest BCUT2D eigenvalue weighted by atomic mass is 9.96. The summed E-state index contributed by atoms with van der Waals surface area (Å²) < 4.78 is 5.57. The molecule has 2 unspecified atom stereocenters. The van der Waals surface area contributed by atoms with Crippen LogP contribution in [-0.2, 0) is 9.59 Å². The maximum atomic E-state index is 12.8. The highest BCUT2D eigenvalue weighted by Gasteiger charge is 2.36.